The summed E-state index contributed by atoms with van der Waals surface area (Å²) in [5, 5.41) is 11.4. The number of nitrogens with zero attached hydrogens (tertiary/aromatic N) is 1. The van der Waals surface area contributed by atoms with Crippen LogP contribution < -0.4 is 5.32 Å². The standard InChI is InChI=1S/C16H24N2O4S/c1-13-6-7-14(16(20)17-8-5-11-19)12-15(13)23(21,22)18-9-3-2-4-10-18/h6-7,12,19H,2-5,8-11H2,1H3,(H,17,20). The molecule has 1 saturated heterocycles. The van der Waals surface area contributed by atoms with E-state index in [0.29, 0.717) is 37.2 Å². The first-order chi connectivity index (χ1) is 11.0. The van der Waals surface area contributed by atoms with Crippen LogP contribution in [0.3, 0.4) is 0 Å². The molecule has 1 aliphatic rings. The summed E-state index contributed by atoms with van der Waals surface area (Å²) in [5.41, 5.74) is 0.964. The number of carbonyl (C=O) groups is 1. The van der Waals surface area contributed by atoms with Crippen molar-refractivity contribution in [3.05, 3.63) is 29.3 Å². The molecular weight excluding hydrogens is 316 g/mol. The van der Waals surface area contributed by atoms with Gasteiger partial charge in [-0.2, -0.15) is 4.31 Å². The van der Waals surface area contributed by atoms with Crippen LogP contribution in [0, 0.1) is 6.92 Å². The lowest BCUT2D eigenvalue weighted by Gasteiger charge is -2.26. The first-order valence-electron chi connectivity index (χ1n) is 7.96. The second-order valence-corrected chi connectivity index (χ2v) is 7.68. The average Bonchev–Trinajstić information content (AvgIpc) is 2.56. The summed E-state index contributed by atoms with van der Waals surface area (Å²) in [7, 11) is -3.56. The average molecular weight is 340 g/mol. The second kappa shape index (κ2) is 7.90. The van der Waals surface area contributed by atoms with Crippen LogP contribution in [0.5, 0.6) is 0 Å². The van der Waals surface area contributed by atoms with Gasteiger partial charge in [0.2, 0.25) is 10.0 Å². The molecule has 2 N–H and O–H groups in total. The molecule has 0 spiro atoms. The summed E-state index contributed by atoms with van der Waals surface area (Å²) < 4.78 is 27.1. The zero-order chi connectivity index (χ0) is 16.9. The molecule has 0 atom stereocenters. The predicted molar refractivity (Wildman–Crippen MR) is 87.8 cm³/mol. The summed E-state index contributed by atoms with van der Waals surface area (Å²) in [6, 6.07) is 4.74. The van der Waals surface area contributed by atoms with Gasteiger partial charge in [-0.1, -0.05) is 12.5 Å². The van der Waals surface area contributed by atoms with Crippen LogP contribution in [0.2, 0.25) is 0 Å². The molecule has 23 heavy (non-hydrogen) atoms. The number of aliphatic hydroxyl groups excluding tert-OH is 1. The third-order valence-electron chi connectivity index (χ3n) is 4.00. The summed E-state index contributed by atoms with van der Waals surface area (Å²) in [6.45, 7) is 3.17. The Hall–Kier alpha value is -1.44. The van der Waals surface area contributed by atoms with E-state index in [9.17, 15) is 13.2 Å². The SMILES string of the molecule is Cc1ccc(C(=O)NCCCO)cc1S(=O)(=O)N1CCCCC1. The summed E-state index contributed by atoms with van der Waals surface area (Å²) >= 11 is 0. The highest BCUT2D eigenvalue weighted by Gasteiger charge is 2.28. The minimum atomic E-state index is -3.56. The highest BCUT2D eigenvalue weighted by Crippen LogP contribution is 2.24. The molecule has 0 aliphatic carbocycles. The van der Waals surface area contributed by atoms with Gasteiger partial charge >= 0.3 is 0 Å². The number of piperidine rings is 1. The Kier molecular flexibility index (Phi) is 6.15. The topological polar surface area (TPSA) is 86.7 Å². The fourth-order valence-electron chi connectivity index (χ4n) is 2.65. The number of aryl methyl sites for hydroxylation is 1. The Labute approximate surface area is 137 Å². The van der Waals surface area contributed by atoms with E-state index in [1.54, 1.807) is 19.1 Å². The van der Waals surface area contributed by atoms with Crippen LogP contribution in [0.15, 0.2) is 23.1 Å². The van der Waals surface area contributed by atoms with Crippen molar-refractivity contribution in [2.24, 2.45) is 0 Å². The van der Waals surface area contributed by atoms with Gasteiger partial charge in [0.05, 0.1) is 4.90 Å². The number of sulfonamides is 1. The number of carbonyl (C=O) groups excluding carboxylic acids is 1. The lowest BCUT2D eigenvalue weighted by Crippen LogP contribution is -2.36. The van der Waals surface area contributed by atoms with Crippen LogP contribution >= 0.6 is 0 Å². The summed E-state index contributed by atoms with van der Waals surface area (Å²) in [6.07, 6.45) is 3.27. The zero-order valence-corrected chi connectivity index (χ0v) is 14.2. The number of rotatable bonds is 6. The molecule has 7 heteroatoms. The molecule has 2 rings (SSSR count). The Bertz CT molecular complexity index is 652. The van der Waals surface area contributed by atoms with Gasteiger partial charge in [-0.15, -0.1) is 0 Å². The maximum absolute atomic E-state index is 12.8. The van der Waals surface area contributed by atoms with Crippen molar-refractivity contribution in [1.29, 1.82) is 0 Å². The van der Waals surface area contributed by atoms with Gasteiger partial charge in [-0.3, -0.25) is 4.79 Å². The number of hydrogen-bond donors (Lipinski definition) is 2. The van der Waals surface area contributed by atoms with Crippen molar-refractivity contribution >= 4 is 15.9 Å². The van der Waals surface area contributed by atoms with Gasteiger partial charge in [-0.05, 0) is 43.9 Å². The fraction of sp³-hybridized carbons (Fsp3) is 0.562. The third-order valence-corrected chi connectivity index (χ3v) is 6.04. The Morgan fingerprint density at radius 1 is 1.26 bits per heavy atom. The molecular formula is C16H24N2O4S. The fourth-order valence-corrected chi connectivity index (χ4v) is 4.41. The van der Waals surface area contributed by atoms with E-state index in [1.807, 2.05) is 0 Å². The van der Waals surface area contributed by atoms with Gasteiger partial charge in [0.25, 0.3) is 5.91 Å². The number of nitrogens with one attached hydrogen (secondary N) is 1. The number of hydrogen-bond acceptors (Lipinski definition) is 4. The van der Waals surface area contributed by atoms with E-state index in [-0.39, 0.29) is 17.4 Å². The molecule has 1 amide bonds. The molecule has 128 valence electrons. The molecule has 1 aromatic carbocycles. The Balaban J connectivity index is 2.24. The molecule has 1 heterocycles. The number of aliphatic hydroxyl groups is 1. The first kappa shape index (κ1) is 17.9. The maximum Gasteiger partial charge on any atom is 0.251 e. The molecule has 1 aromatic rings. The lowest BCUT2D eigenvalue weighted by molar-refractivity contribution is 0.0951. The van der Waals surface area contributed by atoms with E-state index in [1.165, 1.54) is 10.4 Å². The van der Waals surface area contributed by atoms with Crippen molar-refractivity contribution < 1.29 is 18.3 Å². The predicted octanol–water partition coefficient (Wildman–Crippen LogP) is 1.28. The second-order valence-electron chi connectivity index (χ2n) is 5.78. The molecule has 0 aromatic heterocycles. The van der Waals surface area contributed by atoms with E-state index in [2.05, 4.69) is 5.32 Å². The molecule has 0 unspecified atom stereocenters. The molecule has 0 radical (unpaired) electrons. The van der Waals surface area contributed by atoms with Crippen LogP contribution in [0.1, 0.15) is 41.6 Å². The van der Waals surface area contributed by atoms with E-state index >= 15 is 0 Å². The zero-order valence-electron chi connectivity index (χ0n) is 13.4. The largest absolute Gasteiger partial charge is 0.396 e. The van der Waals surface area contributed by atoms with Crippen LogP contribution in [0.4, 0.5) is 0 Å². The Morgan fingerprint density at radius 2 is 1.96 bits per heavy atom. The molecule has 1 fully saturated rings. The number of amides is 1. The molecule has 0 bridgehead atoms. The molecule has 1 aliphatic heterocycles. The molecule has 6 nitrogen and oxygen atoms in total. The summed E-state index contributed by atoms with van der Waals surface area (Å²) in [4.78, 5) is 12.3. The molecule has 0 saturated carbocycles. The quantitative estimate of drug-likeness (QED) is 0.764. The number of benzene rings is 1. The van der Waals surface area contributed by atoms with Gasteiger partial charge in [-0.25, -0.2) is 8.42 Å². The van der Waals surface area contributed by atoms with Crippen molar-refractivity contribution in [3.8, 4) is 0 Å². The summed E-state index contributed by atoms with van der Waals surface area (Å²) in [5.74, 6) is -0.325. The highest BCUT2D eigenvalue weighted by molar-refractivity contribution is 7.89. The van der Waals surface area contributed by atoms with Crippen molar-refractivity contribution in [2.45, 2.75) is 37.5 Å². The smallest absolute Gasteiger partial charge is 0.251 e. The third kappa shape index (κ3) is 4.31. The van der Waals surface area contributed by atoms with Crippen LogP contribution in [-0.4, -0.2) is 50.0 Å². The first-order valence-corrected chi connectivity index (χ1v) is 9.40. The Morgan fingerprint density at radius 3 is 2.61 bits per heavy atom. The van der Waals surface area contributed by atoms with Gasteiger partial charge in [0.1, 0.15) is 0 Å². The maximum atomic E-state index is 12.8. The van der Waals surface area contributed by atoms with E-state index in [4.69, 9.17) is 5.11 Å². The van der Waals surface area contributed by atoms with Gasteiger partial charge < -0.3 is 10.4 Å². The van der Waals surface area contributed by atoms with Crippen LogP contribution in [-0.2, 0) is 10.0 Å². The van der Waals surface area contributed by atoms with Crippen LogP contribution in [0.25, 0.3) is 0 Å². The van der Waals surface area contributed by atoms with Gasteiger partial charge in [0, 0.05) is 31.8 Å². The van der Waals surface area contributed by atoms with Crippen molar-refractivity contribution in [1.82, 2.24) is 9.62 Å². The van der Waals surface area contributed by atoms with E-state index in [0.717, 1.165) is 19.3 Å². The van der Waals surface area contributed by atoms with Crippen molar-refractivity contribution in [2.75, 3.05) is 26.2 Å². The lowest BCUT2D eigenvalue weighted by atomic mass is 10.1. The van der Waals surface area contributed by atoms with E-state index < -0.39 is 10.0 Å². The van der Waals surface area contributed by atoms with Crippen molar-refractivity contribution in [3.63, 3.8) is 0 Å². The minimum Gasteiger partial charge on any atom is -0.396 e. The highest BCUT2D eigenvalue weighted by atomic mass is 32.2. The monoisotopic (exact) mass is 340 g/mol. The van der Waals surface area contributed by atoms with Gasteiger partial charge in [0.15, 0.2) is 0 Å². The normalized spacial score (nSPS) is 16.3. The minimum absolute atomic E-state index is 0.00275.